The Balaban J connectivity index is 3.19. The predicted molar refractivity (Wildman–Crippen MR) is 83.4 cm³/mol. The molecule has 0 N–H and O–H groups in total. The maximum absolute atomic E-state index is 12.5. The first kappa shape index (κ1) is 17.7. The molecule has 0 spiro atoms. The molecule has 0 aliphatic carbocycles. The van der Waals surface area contributed by atoms with E-state index in [1.165, 1.54) is 21.3 Å². The quantitative estimate of drug-likeness (QED) is 0.685. The van der Waals surface area contributed by atoms with E-state index in [0.29, 0.717) is 47.7 Å². The Kier molecular flexibility index (Phi) is 7.47. The van der Waals surface area contributed by atoms with E-state index in [2.05, 4.69) is 0 Å². The van der Waals surface area contributed by atoms with E-state index in [-0.39, 0.29) is 5.91 Å². The van der Waals surface area contributed by atoms with E-state index in [9.17, 15) is 4.79 Å². The second kappa shape index (κ2) is 8.85. The Hall–Kier alpha value is -1.33. The molecule has 5 nitrogen and oxygen atoms in total. The molecule has 0 saturated carbocycles. The molecule has 1 aromatic rings. The van der Waals surface area contributed by atoms with E-state index < -0.39 is 0 Å². The summed E-state index contributed by atoms with van der Waals surface area (Å²) in [5, 5.41) is 0. The second-order valence-electron chi connectivity index (χ2n) is 4.08. The van der Waals surface area contributed by atoms with Crippen LogP contribution in [-0.4, -0.2) is 57.0 Å². The molecule has 0 unspecified atom stereocenters. The minimum Gasteiger partial charge on any atom is -0.493 e. The second-order valence-corrected chi connectivity index (χ2v) is 4.84. The molecular weight excluding hydrogens is 317 g/mol. The van der Waals surface area contributed by atoms with Crippen LogP contribution in [0, 0.1) is 0 Å². The summed E-state index contributed by atoms with van der Waals surface area (Å²) in [6.45, 7) is 0.841. The number of halogens is 2. The molecule has 0 atom stereocenters. The number of amides is 1. The van der Waals surface area contributed by atoms with Crippen molar-refractivity contribution in [2.45, 2.75) is 0 Å². The van der Waals surface area contributed by atoms with Crippen molar-refractivity contribution in [1.82, 2.24) is 4.90 Å². The fourth-order valence-electron chi connectivity index (χ4n) is 1.91. The fraction of sp³-hybridized carbons (Fsp3) is 0.500. The maximum atomic E-state index is 12.5. The zero-order valence-corrected chi connectivity index (χ0v) is 13.8. The highest BCUT2D eigenvalue weighted by molar-refractivity contribution is 6.18. The van der Waals surface area contributed by atoms with Gasteiger partial charge in [-0.05, 0) is 12.1 Å². The summed E-state index contributed by atoms with van der Waals surface area (Å²) < 4.78 is 15.7. The summed E-state index contributed by atoms with van der Waals surface area (Å²) in [6, 6.07) is 3.22. The van der Waals surface area contributed by atoms with Crippen LogP contribution in [0.5, 0.6) is 17.2 Å². The number of hydrogen-bond acceptors (Lipinski definition) is 4. The molecule has 0 aliphatic rings. The molecule has 1 aromatic carbocycles. The van der Waals surface area contributed by atoms with Gasteiger partial charge in [0.15, 0.2) is 11.5 Å². The van der Waals surface area contributed by atoms with Gasteiger partial charge in [-0.15, -0.1) is 23.2 Å². The van der Waals surface area contributed by atoms with Crippen LogP contribution in [0.15, 0.2) is 12.1 Å². The van der Waals surface area contributed by atoms with Crippen LogP contribution < -0.4 is 14.2 Å². The number of benzene rings is 1. The third-order valence-electron chi connectivity index (χ3n) is 2.91. The molecule has 0 fully saturated rings. The Morgan fingerprint density at radius 3 is 1.81 bits per heavy atom. The molecule has 1 amide bonds. The lowest BCUT2D eigenvalue weighted by Crippen LogP contribution is -2.34. The van der Waals surface area contributed by atoms with E-state index in [4.69, 9.17) is 37.4 Å². The van der Waals surface area contributed by atoms with Crippen LogP contribution in [0.3, 0.4) is 0 Å². The minimum absolute atomic E-state index is 0.185. The van der Waals surface area contributed by atoms with Gasteiger partial charge in [-0.2, -0.15) is 0 Å². The topological polar surface area (TPSA) is 48.0 Å². The molecule has 118 valence electrons. The minimum atomic E-state index is -0.185. The van der Waals surface area contributed by atoms with Crippen LogP contribution in [0.2, 0.25) is 0 Å². The summed E-state index contributed by atoms with van der Waals surface area (Å²) in [7, 11) is 4.51. The van der Waals surface area contributed by atoms with Crippen LogP contribution >= 0.6 is 23.2 Å². The standard InChI is InChI=1S/C14H19Cl2NO4/c1-19-11-8-10(9-12(20-2)13(11)21-3)14(18)17(6-4-15)7-5-16/h8-9H,4-7H2,1-3H3. The van der Waals surface area contributed by atoms with Gasteiger partial charge >= 0.3 is 0 Å². The summed E-state index contributed by atoms with van der Waals surface area (Å²) >= 11 is 11.4. The number of ether oxygens (including phenoxy) is 3. The lowest BCUT2D eigenvalue weighted by Gasteiger charge is -2.21. The molecule has 0 bridgehead atoms. The first-order valence-corrected chi connectivity index (χ1v) is 7.41. The number of hydrogen-bond donors (Lipinski definition) is 0. The van der Waals surface area contributed by atoms with Crippen LogP contribution in [0.1, 0.15) is 10.4 Å². The molecule has 0 aliphatic heterocycles. The van der Waals surface area contributed by atoms with Gasteiger partial charge in [0.1, 0.15) is 0 Å². The Morgan fingerprint density at radius 1 is 1.00 bits per heavy atom. The lowest BCUT2D eigenvalue weighted by molar-refractivity contribution is 0.0774. The van der Waals surface area contributed by atoms with Gasteiger partial charge in [0.2, 0.25) is 5.75 Å². The van der Waals surface area contributed by atoms with Crippen molar-refractivity contribution in [2.75, 3.05) is 46.2 Å². The smallest absolute Gasteiger partial charge is 0.254 e. The number of rotatable bonds is 8. The maximum Gasteiger partial charge on any atom is 0.254 e. The molecule has 0 heterocycles. The van der Waals surface area contributed by atoms with Gasteiger partial charge in [0, 0.05) is 30.4 Å². The van der Waals surface area contributed by atoms with Crippen molar-refractivity contribution in [1.29, 1.82) is 0 Å². The number of methoxy groups -OCH3 is 3. The van der Waals surface area contributed by atoms with Crippen molar-refractivity contribution in [2.24, 2.45) is 0 Å². The molecule has 1 rings (SSSR count). The SMILES string of the molecule is COc1cc(C(=O)N(CCCl)CCCl)cc(OC)c1OC. The Labute approximate surface area is 134 Å². The number of alkyl halides is 2. The van der Waals surface area contributed by atoms with Crippen molar-refractivity contribution in [3.05, 3.63) is 17.7 Å². The van der Waals surface area contributed by atoms with Gasteiger partial charge in [-0.3, -0.25) is 4.79 Å². The van der Waals surface area contributed by atoms with Crippen LogP contribution in [-0.2, 0) is 0 Å². The first-order chi connectivity index (χ1) is 10.1. The first-order valence-electron chi connectivity index (χ1n) is 6.34. The average molecular weight is 336 g/mol. The molecular formula is C14H19Cl2NO4. The molecule has 0 aromatic heterocycles. The van der Waals surface area contributed by atoms with Crippen molar-refractivity contribution < 1.29 is 19.0 Å². The van der Waals surface area contributed by atoms with E-state index >= 15 is 0 Å². The predicted octanol–water partition coefficient (Wildman–Crippen LogP) is 2.63. The van der Waals surface area contributed by atoms with Gasteiger partial charge in [-0.25, -0.2) is 0 Å². The Bertz CT molecular complexity index is 451. The molecule has 21 heavy (non-hydrogen) atoms. The van der Waals surface area contributed by atoms with Gasteiger partial charge in [0.25, 0.3) is 5.91 Å². The lowest BCUT2D eigenvalue weighted by atomic mass is 10.1. The zero-order chi connectivity index (χ0) is 15.8. The van der Waals surface area contributed by atoms with Gasteiger partial charge < -0.3 is 19.1 Å². The van der Waals surface area contributed by atoms with E-state index in [0.717, 1.165) is 0 Å². The monoisotopic (exact) mass is 335 g/mol. The van der Waals surface area contributed by atoms with Crippen molar-refractivity contribution in [3.63, 3.8) is 0 Å². The van der Waals surface area contributed by atoms with Gasteiger partial charge in [0.05, 0.1) is 21.3 Å². The molecule has 7 heteroatoms. The Morgan fingerprint density at radius 2 is 1.48 bits per heavy atom. The van der Waals surface area contributed by atoms with E-state index in [1.54, 1.807) is 17.0 Å². The fourth-order valence-corrected chi connectivity index (χ4v) is 2.31. The highest BCUT2D eigenvalue weighted by Gasteiger charge is 2.20. The van der Waals surface area contributed by atoms with Crippen LogP contribution in [0.25, 0.3) is 0 Å². The number of carbonyl (C=O) groups excluding carboxylic acids is 1. The van der Waals surface area contributed by atoms with Gasteiger partial charge in [-0.1, -0.05) is 0 Å². The summed E-state index contributed by atoms with van der Waals surface area (Å²) in [6.07, 6.45) is 0. The average Bonchev–Trinajstić information content (AvgIpc) is 2.52. The zero-order valence-electron chi connectivity index (χ0n) is 12.3. The van der Waals surface area contributed by atoms with Crippen molar-refractivity contribution >= 4 is 29.1 Å². The summed E-state index contributed by atoms with van der Waals surface area (Å²) in [4.78, 5) is 14.1. The normalized spacial score (nSPS) is 10.1. The van der Waals surface area contributed by atoms with E-state index in [1.807, 2.05) is 0 Å². The number of carbonyl (C=O) groups is 1. The number of nitrogens with zero attached hydrogens (tertiary/aromatic N) is 1. The molecule has 0 radical (unpaired) electrons. The highest BCUT2D eigenvalue weighted by atomic mass is 35.5. The summed E-state index contributed by atoms with van der Waals surface area (Å²) in [5.41, 5.74) is 0.430. The third kappa shape index (κ3) is 4.32. The van der Waals surface area contributed by atoms with Crippen LogP contribution in [0.4, 0.5) is 0 Å². The molecule has 0 saturated heterocycles. The highest BCUT2D eigenvalue weighted by Crippen LogP contribution is 2.38. The van der Waals surface area contributed by atoms with Crippen molar-refractivity contribution in [3.8, 4) is 17.2 Å². The largest absolute Gasteiger partial charge is 0.493 e. The summed E-state index contributed by atoms with van der Waals surface area (Å²) in [5.74, 6) is 1.79. The third-order valence-corrected chi connectivity index (χ3v) is 3.25.